The normalized spacial score (nSPS) is 13.7. The summed E-state index contributed by atoms with van der Waals surface area (Å²) in [6, 6.07) is 5.29. The lowest BCUT2D eigenvalue weighted by molar-refractivity contribution is 0.405. The molecule has 0 radical (unpaired) electrons. The van der Waals surface area contributed by atoms with Gasteiger partial charge in [-0.2, -0.15) is 4.98 Å². The molecule has 0 amide bonds. The van der Waals surface area contributed by atoms with Gasteiger partial charge in [0.1, 0.15) is 17.3 Å². The highest BCUT2D eigenvalue weighted by Gasteiger charge is 2.11. The Hall–Kier alpha value is -2.47. The van der Waals surface area contributed by atoms with Crippen molar-refractivity contribution in [2.45, 2.75) is 32.1 Å². The Labute approximate surface area is 165 Å². The van der Waals surface area contributed by atoms with Crippen molar-refractivity contribution in [3.05, 3.63) is 41.1 Å². The highest BCUT2D eigenvalue weighted by Crippen LogP contribution is 2.37. The molecule has 0 aliphatic heterocycles. The van der Waals surface area contributed by atoms with Gasteiger partial charge >= 0.3 is 0 Å². The van der Waals surface area contributed by atoms with Crippen LogP contribution in [0.1, 0.15) is 32.1 Å². The van der Waals surface area contributed by atoms with Crippen LogP contribution in [-0.2, 0) is 0 Å². The molecule has 1 aromatic carbocycles. The summed E-state index contributed by atoms with van der Waals surface area (Å²) in [5.41, 5.74) is 2.25. The predicted octanol–water partition coefficient (Wildman–Crippen LogP) is 5.19. The van der Waals surface area contributed by atoms with Gasteiger partial charge < -0.3 is 20.1 Å². The van der Waals surface area contributed by atoms with E-state index in [2.05, 4.69) is 26.7 Å². The zero-order chi connectivity index (χ0) is 19.1. The Morgan fingerprint density at radius 1 is 1.15 bits per heavy atom. The number of methoxy groups -OCH3 is 2. The number of anilines is 3. The molecule has 2 aromatic rings. The third-order valence-electron chi connectivity index (χ3n) is 4.51. The minimum absolute atomic E-state index is 0.488. The molecule has 6 nitrogen and oxygen atoms in total. The maximum atomic E-state index is 6.16. The molecule has 2 N–H and O–H groups in total. The van der Waals surface area contributed by atoms with Crippen LogP contribution in [0.3, 0.4) is 0 Å². The van der Waals surface area contributed by atoms with Crippen molar-refractivity contribution in [1.82, 2.24) is 9.97 Å². The Kier molecular flexibility index (Phi) is 6.76. The second-order valence-corrected chi connectivity index (χ2v) is 6.77. The fourth-order valence-corrected chi connectivity index (χ4v) is 3.31. The van der Waals surface area contributed by atoms with Crippen LogP contribution < -0.4 is 20.1 Å². The summed E-state index contributed by atoms with van der Waals surface area (Å²) in [7, 11) is 3.17. The first-order valence-electron chi connectivity index (χ1n) is 9.13. The van der Waals surface area contributed by atoms with Crippen LogP contribution in [0.5, 0.6) is 11.5 Å². The molecule has 0 atom stereocenters. The lowest BCUT2D eigenvalue weighted by atomic mass is 9.97. The zero-order valence-corrected chi connectivity index (χ0v) is 16.5. The van der Waals surface area contributed by atoms with Crippen LogP contribution in [-0.4, -0.2) is 30.7 Å². The van der Waals surface area contributed by atoms with Gasteiger partial charge in [0, 0.05) is 24.9 Å². The van der Waals surface area contributed by atoms with E-state index in [1.807, 2.05) is 0 Å². The van der Waals surface area contributed by atoms with E-state index in [1.165, 1.54) is 31.3 Å². The van der Waals surface area contributed by atoms with E-state index < -0.39 is 0 Å². The standard InChI is InChI=1S/C20H25ClN4O2/c1-26-17-13-16(18(27-2)12-15(17)21)24-19-9-11-23-20(25-19)22-10-8-14-6-4-3-5-7-14/h6,9,11-13H,3-5,7-8,10H2,1-2H3,(H2,22,23,24,25). The molecule has 1 aliphatic rings. The summed E-state index contributed by atoms with van der Waals surface area (Å²) in [5.74, 6) is 2.43. The second-order valence-electron chi connectivity index (χ2n) is 6.36. The average Bonchev–Trinajstić information content (AvgIpc) is 2.70. The molecule has 3 rings (SSSR count). The highest BCUT2D eigenvalue weighted by atomic mass is 35.5. The van der Waals surface area contributed by atoms with E-state index in [-0.39, 0.29) is 0 Å². The van der Waals surface area contributed by atoms with Crippen molar-refractivity contribution >= 4 is 29.1 Å². The fourth-order valence-electron chi connectivity index (χ4n) is 3.08. The molecule has 144 valence electrons. The molecule has 1 heterocycles. The molecule has 1 aromatic heterocycles. The first-order chi connectivity index (χ1) is 13.2. The van der Waals surface area contributed by atoms with Crippen LogP contribution in [0.15, 0.2) is 36.0 Å². The van der Waals surface area contributed by atoms with Crippen LogP contribution in [0.2, 0.25) is 5.02 Å². The molecular weight excluding hydrogens is 364 g/mol. The summed E-state index contributed by atoms with van der Waals surface area (Å²) < 4.78 is 10.7. The zero-order valence-electron chi connectivity index (χ0n) is 15.7. The number of rotatable bonds is 8. The predicted molar refractivity (Wildman–Crippen MR) is 110 cm³/mol. The molecule has 0 unspecified atom stereocenters. The van der Waals surface area contributed by atoms with Crippen LogP contribution in [0, 0.1) is 0 Å². The van der Waals surface area contributed by atoms with Crippen LogP contribution in [0.4, 0.5) is 17.5 Å². The van der Waals surface area contributed by atoms with Crippen molar-refractivity contribution < 1.29 is 9.47 Å². The van der Waals surface area contributed by atoms with Gasteiger partial charge in [-0.05, 0) is 38.2 Å². The first kappa shape index (κ1) is 19.3. The number of allylic oxidation sites excluding steroid dienone is 1. The third-order valence-corrected chi connectivity index (χ3v) is 4.80. The molecule has 1 aliphatic carbocycles. The number of ether oxygens (including phenoxy) is 2. The van der Waals surface area contributed by atoms with Gasteiger partial charge in [-0.3, -0.25) is 0 Å². The van der Waals surface area contributed by atoms with E-state index in [0.717, 1.165) is 18.7 Å². The van der Waals surface area contributed by atoms with Crippen molar-refractivity contribution in [2.75, 3.05) is 31.4 Å². The fraction of sp³-hybridized carbons (Fsp3) is 0.400. The Balaban J connectivity index is 1.66. The Bertz CT molecular complexity index is 811. The minimum atomic E-state index is 0.488. The smallest absolute Gasteiger partial charge is 0.224 e. The van der Waals surface area contributed by atoms with Gasteiger partial charge in [-0.25, -0.2) is 4.98 Å². The quantitative estimate of drug-likeness (QED) is 0.606. The van der Waals surface area contributed by atoms with Gasteiger partial charge in [-0.1, -0.05) is 23.3 Å². The van der Waals surface area contributed by atoms with Crippen LogP contribution in [0.25, 0.3) is 0 Å². The summed E-state index contributed by atoms with van der Waals surface area (Å²) in [6.45, 7) is 0.827. The van der Waals surface area contributed by atoms with Crippen molar-refractivity contribution in [3.8, 4) is 11.5 Å². The Morgan fingerprint density at radius 3 is 2.74 bits per heavy atom. The highest BCUT2D eigenvalue weighted by molar-refractivity contribution is 6.32. The topological polar surface area (TPSA) is 68.3 Å². The monoisotopic (exact) mass is 388 g/mol. The van der Waals surface area contributed by atoms with E-state index in [4.69, 9.17) is 21.1 Å². The second kappa shape index (κ2) is 9.46. The third kappa shape index (κ3) is 5.26. The summed E-state index contributed by atoms with van der Waals surface area (Å²) >= 11 is 6.16. The van der Waals surface area contributed by atoms with Crippen molar-refractivity contribution in [3.63, 3.8) is 0 Å². The number of nitrogens with zero attached hydrogens (tertiary/aromatic N) is 2. The SMILES string of the molecule is COc1cc(Nc2ccnc(NCCC3=CCCCC3)n2)c(OC)cc1Cl. The van der Waals surface area contributed by atoms with Crippen molar-refractivity contribution in [2.24, 2.45) is 0 Å². The van der Waals surface area contributed by atoms with Gasteiger partial charge in [0.25, 0.3) is 0 Å². The Morgan fingerprint density at radius 2 is 2.00 bits per heavy atom. The average molecular weight is 389 g/mol. The number of nitrogens with one attached hydrogen (secondary N) is 2. The molecule has 0 bridgehead atoms. The summed E-state index contributed by atoms with van der Waals surface area (Å²) in [4.78, 5) is 8.82. The van der Waals surface area contributed by atoms with E-state index in [9.17, 15) is 0 Å². The minimum Gasteiger partial charge on any atom is -0.495 e. The lowest BCUT2D eigenvalue weighted by Gasteiger charge is -2.14. The van der Waals surface area contributed by atoms with Gasteiger partial charge in [0.05, 0.1) is 24.9 Å². The maximum absolute atomic E-state index is 6.16. The van der Waals surface area contributed by atoms with Gasteiger partial charge in [0.2, 0.25) is 5.95 Å². The van der Waals surface area contributed by atoms with Crippen LogP contribution >= 0.6 is 11.6 Å². The molecule has 0 saturated carbocycles. The molecular formula is C20H25ClN4O2. The summed E-state index contributed by atoms with van der Waals surface area (Å²) in [5, 5.41) is 7.03. The molecule has 27 heavy (non-hydrogen) atoms. The van der Waals surface area contributed by atoms with E-state index in [0.29, 0.717) is 28.3 Å². The molecule has 0 spiro atoms. The lowest BCUT2D eigenvalue weighted by Crippen LogP contribution is -2.08. The largest absolute Gasteiger partial charge is 0.495 e. The number of hydrogen-bond donors (Lipinski definition) is 2. The molecule has 0 fully saturated rings. The maximum Gasteiger partial charge on any atom is 0.224 e. The number of benzene rings is 1. The molecule has 7 heteroatoms. The number of halogens is 1. The van der Waals surface area contributed by atoms with E-state index in [1.54, 1.807) is 38.6 Å². The van der Waals surface area contributed by atoms with Gasteiger partial charge in [-0.15, -0.1) is 0 Å². The summed E-state index contributed by atoms with van der Waals surface area (Å²) in [6.07, 6.45) is 10.1. The molecule has 0 saturated heterocycles. The van der Waals surface area contributed by atoms with Gasteiger partial charge in [0.15, 0.2) is 0 Å². The van der Waals surface area contributed by atoms with E-state index >= 15 is 0 Å². The van der Waals surface area contributed by atoms with Crippen molar-refractivity contribution in [1.29, 1.82) is 0 Å². The number of aromatic nitrogens is 2. The first-order valence-corrected chi connectivity index (χ1v) is 9.51. The number of hydrogen-bond acceptors (Lipinski definition) is 6.